The van der Waals surface area contributed by atoms with E-state index in [1.54, 1.807) is 17.3 Å². The third kappa shape index (κ3) is 4.65. The Hall–Kier alpha value is -3.52. The highest BCUT2D eigenvalue weighted by Gasteiger charge is 2.33. The van der Waals surface area contributed by atoms with E-state index >= 15 is 0 Å². The molecule has 186 valence electrons. The Labute approximate surface area is 213 Å². The lowest BCUT2D eigenvalue weighted by Crippen LogP contribution is -2.42. The number of nitrogens with zero attached hydrogens (tertiary/aromatic N) is 3. The maximum Gasteiger partial charge on any atom is 0.348 e. The normalized spacial score (nSPS) is 18.0. The van der Waals surface area contributed by atoms with Crippen LogP contribution in [0.25, 0.3) is 33.0 Å². The molecule has 0 radical (unpaired) electrons. The maximum atomic E-state index is 13.6. The lowest BCUT2D eigenvalue weighted by atomic mass is 9.82. The molecular formula is C28H29N3O4S. The van der Waals surface area contributed by atoms with Gasteiger partial charge in [-0.05, 0) is 75.8 Å². The van der Waals surface area contributed by atoms with Crippen LogP contribution in [0.15, 0.2) is 53.2 Å². The second-order valence-electron chi connectivity index (χ2n) is 9.82. The number of anilines is 1. The van der Waals surface area contributed by atoms with Crippen LogP contribution in [0.1, 0.15) is 56.1 Å². The number of carboxylic acids is 1. The average molecular weight is 504 g/mol. The van der Waals surface area contributed by atoms with E-state index in [-0.39, 0.29) is 22.7 Å². The van der Waals surface area contributed by atoms with Gasteiger partial charge in [-0.25, -0.2) is 4.79 Å². The van der Waals surface area contributed by atoms with E-state index in [9.17, 15) is 14.7 Å². The van der Waals surface area contributed by atoms with Gasteiger partial charge >= 0.3 is 5.97 Å². The van der Waals surface area contributed by atoms with Crippen molar-refractivity contribution in [1.82, 2.24) is 9.97 Å². The third-order valence-electron chi connectivity index (χ3n) is 6.87. The molecule has 1 N–H and O–H groups in total. The first-order valence-electron chi connectivity index (χ1n) is 12.3. The van der Waals surface area contributed by atoms with E-state index in [4.69, 9.17) is 4.42 Å². The van der Waals surface area contributed by atoms with Crippen molar-refractivity contribution < 1.29 is 19.1 Å². The molecule has 5 rings (SSSR count). The molecule has 0 atom stereocenters. The Morgan fingerprint density at radius 2 is 1.89 bits per heavy atom. The second-order valence-corrected chi connectivity index (χ2v) is 10.9. The van der Waals surface area contributed by atoms with Gasteiger partial charge in [0.2, 0.25) is 5.91 Å². The van der Waals surface area contributed by atoms with Gasteiger partial charge in [0.05, 0.1) is 5.69 Å². The van der Waals surface area contributed by atoms with Crippen LogP contribution in [0.4, 0.5) is 5.69 Å². The first-order chi connectivity index (χ1) is 17.3. The molecule has 36 heavy (non-hydrogen) atoms. The van der Waals surface area contributed by atoms with Gasteiger partial charge in [-0.1, -0.05) is 6.92 Å². The summed E-state index contributed by atoms with van der Waals surface area (Å²) in [4.78, 5) is 37.2. The molecule has 1 aliphatic carbocycles. The van der Waals surface area contributed by atoms with Crippen LogP contribution in [-0.2, 0) is 4.79 Å². The van der Waals surface area contributed by atoms with Gasteiger partial charge in [-0.3, -0.25) is 14.8 Å². The summed E-state index contributed by atoms with van der Waals surface area (Å²) in [6.07, 6.45) is 7.19. The first-order valence-corrected chi connectivity index (χ1v) is 13.1. The van der Waals surface area contributed by atoms with Crippen molar-refractivity contribution in [2.24, 2.45) is 11.8 Å². The quantitative estimate of drug-likeness (QED) is 0.308. The lowest BCUT2D eigenvalue weighted by Gasteiger charge is -2.33. The Bertz CT molecular complexity index is 1360. The molecule has 0 spiro atoms. The van der Waals surface area contributed by atoms with Gasteiger partial charge in [0, 0.05) is 40.9 Å². The van der Waals surface area contributed by atoms with Gasteiger partial charge in [0.1, 0.15) is 16.1 Å². The predicted octanol–water partition coefficient (Wildman–Crippen LogP) is 6.88. The third-order valence-corrected chi connectivity index (χ3v) is 8.03. The van der Waals surface area contributed by atoms with Crippen LogP contribution in [0.2, 0.25) is 0 Å². The molecule has 0 unspecified atom stereocenters. The van der Waals surface area contributed by atoms with Gasteiger partial charge in [-0.2, -0.15) is 0 Å². The number of carboxylic acid groups (broad SMARTS) is 1. The SMILES string of the molecule is CC(C)N(c1cc(-c2ccc(-c3cc4ncccc4o3)nc2)sc1C(=O)O)C(=O)[C@H]1CC[C@H](C)CC1. The fraction of sp³-hybridized carbons (Fsp3) is 0.357. The van der Waals surface area contributed by atoms with Crippen LogP contribution in [-0.4, -0.2) is 33.0 Å². The number of aromatic carboxylic acids is 1. The van der Waals surface area contributed by atoms with Gasteiger partial charge in [0.15, 0.2) is 11.3 Å². The Balaban J connectivity index is 1.46. The summed E-state index contributed by atoms with van der Waals surface area (Å²) >= 11 is 1.17. The van der Waals surface area contributed by atoms with Crippen LogP contribution in [0.5, 0.6) is 0 Å². The number of carbonyl (C=O) groups is 2. The first kappa shape index (κ1) is 24.2. The molecule has 4 aromatic rings. The number of furan rings is 1. The Morgan fingerprint density at radius 3 is 2.53 bits per heavy atom. The lowest BCUT2D eigenvalue weighted by molar-refractivity contribution is -0.123. The van der Waals surface area contributed by atoms with Crippen LogP contribution in [0.3, 0.4) is 0 Å². The molecular weight excluding hydrogens is 474 g/mol. The van der Waals surface area contributed by atoms with E-state index in [0.717, 1.165) is 41.6 Å². The zero-order chi connectivity index (χ0) is 25.4. The predicted molar refractivity (Wildman–Crippen MR) is 141 cm³/mol. The van der Waals surface area contributed by atoms with E-state index in [1.807, 2.05) is 50.2 Å². The molecule has 1 amide bonds. The highest BCUT2D eigenvalue weighted by atomic mass is 32.1. The number of thiophene rings is 1. The van der Waals surface area contributed by atoms with E-state index in [2.05, 4.69) is 16.9 Å². The number of aromatic nitrogens is 2. The maximum absolute atomic E-state index is 13.6. The fourth-order valence-electron chi connectivity index (χ4n) is 4.89. The number of hydrogen-bond donors (Lipinski definition) is 1. The molecule has 8 heteroatoms. The largest absolute Gasteiger partial charge is 0.477 e. The number of rotatable bonds is 6. The zero-order valence-corrected chi connectivity index (χ0v) is 21.4. The van der Waals surface area contributed by atoms with Crippen molar-refractivity contribution in [3.05, 3.63) is 53.7 Å². The smallest absolute Gasteiger partial charge is 0.348 e. The summed E-state index contributed by atoms with van der Waals surface area (Å²) < 4.78 is 5.86. The number of hydrogen-bond acceptors (Lipinski definition) is 6. The minimum Gasteiger partial charge on any atom is -0.477 e. The van der Waals surface area contributed by atoms with Crippen molar-refractivity contribution in [3.63, 3.8) is 0 Å². The number of carbonyl (C=O) groups excluding carboxylic acids is 1. The van der Waals surface area contributed by atoms with Crippen molar-refractivity contribution in [2.75, 3.05) is 4.90 Å². The molecule has 4 aromatic heterocycles. The number of amides is 1. The van der Waals surface area contributed by atoms with Crippen molar-refractivity contribution in [2.45, 2.75) is 52.5 Å². The van der Waals surface area contributed by atoms with E-state index < -0.39 is 5.97 Å². The molecule has 7 nitrogen and oxygen atoms in total. The summed E-state index contributed by atoms with van der Waals surface area (Å²) in [5.74, 6) is 0.182. The van der Waals surface area contributed by atoms with Gasteiger partial charge < -0.3 is 14.4 Å². The van der Waals surface area contributed by atoms with Gasteiger partial charge in [0.25, 0.3) is 0 Å². The summed E-state index contributed by atoms with van der Waals surface area (Å²) in [6.45, 7) is 6.09. The van der Waals surface area contributed by atoms with Crippen molar-refractivity contribution in [3.8, 4) is 21.9 Å². The summed E-state index contributed by atoms with van der Waals surface area (Å²) in [5, 5.41) is 9.98. The monoisotopic (exact) mass is 503 g/mol. The Morgan fingerprint density at radius 1 is 1.11 bits per heavy atom. The van der Waals surface area contributed by atoms with Crippen molar-refractivity contribution in [1.29, 1.82) is 0 Å². The average Bonchev–Trinajstić information content (AvgIpc) is 3.49. The van der Waals surface area contributed by atoms with Crippen LogP contribution in [0, 0.1) is 11.8 Å². The fourth-order valence-corrected chi connectivity index (χ4v) is 5.87. The molecule has 1 aliphatic rings. The standard InChI is InChI=1S/C28H29N3O4S/c1-16(2)31(27(32)18-8-6-17(3)7-9-18)22-14-25(36-26(22)28(33)34)19-10-11-20(30-15-19)24-13-21-23(35-24)5-4-12-29-21/h4-5,10-18H,6-9H2,1-3H3,(H,33,34)/t17-,18-. The van der Waals surface area contributed by atoms with Gasteiger partial charge in [-0.15, -0.1) is 11.3 Å². The summed E-state index contributed by atoms with van der Waals surface area (Å²) in [6, 6.07) is 10.9. The molecule has 0 saturated heterocycles. The van der Waals surface area contributed by atoms with Crippen LogP contribution >= 0.6 is 11.3 Å². The minimum atomic E-state index is -1.03. The Kier molecular flexibility index (Phi) is 6.62. The second kappa shape index (κ2) is 9.85. The number of pyridine rings is 2. The topological polar surface area (TPSA) is 96.5 Å². The molecule has 1 saturated carbocycles. The molecule has 4 heterocycles. The number of fused-ring (bicyclic) bond motifs is 1. The molecule has 0 aromatic carbocycles. The van der Waals surface area contributed by atoms with E-state index in [0.29, 0.717) is 28.6 Å². The highest BCUT2D eigenvalue weighted by molar-refractivity contribution is 7.18. The minimum absolute atomic E-state index is 0.0238. The van der Waals surface area contributed by atoms with Crippen LogP contribution < -0.4 is 4.90 Å². The summed E-state index contributed by atoms with van der Waals surface area (Å²) in [7, 11) is 0. The molecule has 0 bridgehead atoms. The highest BCUT2D eigenvalue weighted by Crippen LogP contribution is 2.40. The molecule has 1 fully saturated rings. The summed E-state index contributed by atoms with van der Waals surface area (Å²) in [5.41, 5.74) is 3.37. The molecule has 0 aliphatic heterocycles. The van der Waals surface area contributed by atoms with E-state index in [1.165, 1.54) is 11.3 Å². The van der Waals surface area contributed by atoms with Crippen molar-refractivity contribution >= 4 is 40.0 Å². The zero-order valence-electron chi connectivity index (χ0n) is 20.6.